The molecule has 1 N–H and O–H groups in total. The topological polar surface area (TPSA) is 92.8 Å². The number of hydrogen-bond acceptors (Lipinski definition) is 5. The summed E-state index contributed by atoms with van der Waals surface area (Å²) >= 11 is 0. The Hall–Kier alpha value is -4.26. The molecule has 1 aliphatic heterocycles. The molecule has 178 valence electrons. The lowest BCUT2D eigenvalue weighted by molar-refractivity contribution is -0.119. The highest BCUT2D eigenvalue weighted by molar-refractivity contribution is 6.35. The highest BCUT2D eigenvalue weighted by Crippen LogP contribution is 2.31. The number of carbonyl (C=O) groups is 4. The van der Waals surface area contributed by atoms with Crippen molar-refractivity contribution < 1.29 is 23.9 Å². The number of amides is 3. The van der Waals surface area contributed by atoms with Gasteiger partial charge in [-0.25, -0.2) is 9.69 Å². The summed E-state index contributed by atoms with van der Waals surface area (Å²) < 4.78 is 5.17. The third-order valence-corrected chi connectivity index (χ3v) is 5.91. The van der Waals surface area contributed by atoms with E-state index in [9.17, 15) is 19.2 Å². The summed E-state index contributed by atoms with van der Waals surface area (Å²) in [6, 6.07) is 17.1. The van der Waals surface area contributed by atoms with E-state index in [-0.39, 0.29) is 22.6 Å². The van der Waals surface area contributed by atoms with Gasteiger partial charge in [0.1, 0.15) is 0 Å². The van der Waals surface area contributed by atoms with Crippen molar-refractivity contribution in [1.29, 1.82) is 0 Å². The molecule has 3 aromatic carbocycles. The van der Waals surface area contributed by atoms with Crippen LogP contribution < -0.4 is 10.2 Å². The van der Waals surface area contributed by atoms with Crippen LogP contribution in [-0.2, 0) is 9.53 Å². The number of para-hydroxylation sites is 1. The molecule has 3 amide bonds. The van der Waals surface area contributed by atoms with Gasteiger partial charge in [-0.15, -0.1) is 0 Å². The van der Waals surface area contributed by atoms with Crippen molar-refractivity contribution in [3.63, 3.8) is 0 Å². The third kappa shape index (κ3) is 4.71. The van der Waals surface area contributed by atoms with E-state index in [1.165, 1.54) is 18.2 Å². The van der Waals surface area contributed by atoms with E-state index in [2.05, 4.69) is 5.32 Å². The van der Waals surface area contributed by atoms with Crippen molar-refractivity contribution in [3.8, 4) is 0 Å². The van der Waals surface area contributed by atoms with Crippen LogP contribution in [0.15, 0.2) is 60.7 Å². The number of imide groups is 1. The maximum atomic E-state index is 13.1. The fourth-order valence-electron chi connectivity index (χ4n) is 4.16. The van der Waals surface area contributed by atoms with Crippen molar-refractivity contribution in [1.82, 2.24) is 0 Å². The Morgan fingerprint density at radius 2 is 1.63 bits per heavy atom. The lowest BCUT2D eigenvalue weighted by Gasteiger charge is -2.16. The van der Waals surface area contributed by atoms with Gasteiger partial charge in [-0.3, -0.25) is 14.4 Å². The van der Waals surface area contributed by atoms with Gasteiger partial charge >= 0.3 is 5.97 Å². The van der Waals surface area contributed by atoms with Crippen LogP contribution in [0.1, 0.15) is 67.5 Å². The van der Waals surface area contributed by atoms with Gasteiger partial charge in [0.05, 0.1) is 22.4 Å². The number of ether oxygens (including phenoxy) is 1. The molecule has 3 aromatic rings. The predicted octanol–water partition coefficient (Wildman–Crippen LogP) is 5.02. The van der Waals surface area contributed by atoms with Crippen molar-refractivity contribution in [2.24, 2.45) is 0 Å². The van der Waals surface area contributed by atoms with Gasteiger partial charge in [0, 0.05) is 5.69 Å². The molecule has 1 aliphatic rings. The smallest absolute Gasteiger partial charge is 0.338 e. The summed E-state index contributed by atoms with van der Waals surface area (Å²) in [5.74, 6) is -1.97. The average molecular weight is 471 g/mol. The molecule has 0 saturated heterocycles. The molecule has 1 heterocycles. The molecule has 0 saturated carbocycles. The number of aryl methyl sites for hydroxylation is 2. The zero-order valence-corrected chi connectivity index (χ0v) is 20.0. The minimum atomic E-state index is -0.759. The Morgan fingerprint density at radius 1 is 0.914 bits per heavy atom. The molecule has 35 heavy (non-hydrogen) atoms. The SMILES string of the molecule is Cc1ccc(N2C(=O)c3ccc(C(=O)OCC(=O)Nc4ccccc4C(C)C)cc3C2=O)c(C)c1. The van der Waals surface area contributed by atoms with Gasteiger partial charge in [-0.1, -0.05) is 49.7 Å². The van der Waals surface area contributed by atoms with Crippen LogP contribution in [0.2, 0.25) is 0 Å². The third-order valence-electron chi connectivity index (χ3n) is 5.91. The van der Waals surface area contributed by atoms with E-state index < -0.39 is 30.3 Å². The number of benzene rings is 3. The molecule has 0 aromatic heterocycles. The first-order valence-corrected chi connectivity index (χ1v) is 11.3. The van der Waals surface area contributed by atoms with Gasteiger partial charge in [-0.2, -0.15) is 0 Å². The molecule has 0 spiro atoms. The lowest BCUT2D eigenvalue weighted by atomic mass is 10.0. The van der Waals surface area contributed by atoms with Crippen LogP contribution in [-0.4, -0.2) is 30.3 Å². The summed E-state index contributed by atoms with van der Waals surface area (Å²) in [6.45, 7) is 7.32. The molecule has 7 heteroatoms. The predicted molar refractivity (Wildman–Crippen MR) is 133 cm³/mol. The first-order valence-electron chi connectivity index (χ1n) is 11.3. The van der Waals surface area contributed by atoms with Gasteiger partial charge in [0.25, 0.3) is 17.7 Å². The zero-order valence-electron chi connectivity index (χ0n) is 20.0. The van der Waals surface area contributed by atoms with E-state index in [0.29, 0.717) is 11.4 Å². The number of anilines is 2. The van der Waals surface area contributed by atoms with Gasteiger partial charge in [0.2, 0.25) is 0 Å². The monoisotopic (exact) mass is 470 g/mol. The molecule has 7 nitrogen and oxygen atoms in total. The Balaban J connectivity index is 1.46. The van der Waals surface area contributed by atoms with Crippen molar-refractivity contribution in [2.75, 3.05) is 16.8 Å². The fraction of sp³-hybridized carbons (Fsp3) is 0.214. The van der Waals surface area contributed by atoms with Crippen LogP contribution in [0.4, 0.5) is 11.4 Å². The van der Waals surface area contributed by atoms with Gasteiger partial charge in [0.15, 0.2) is 6.61 Å². The summed E-state index contributed by atoms with van der Waals surface area (Å²) in [4.78, 5) is 52.1. The van der Waals surface area contributed by atoms with Crippen molar-refractivity contribution in [2.45, 2.75) is 33.6 Å². The molecular formula is C28H26N2O5. The second kappa shape index (κ2) is 9.54. The van der Waals surface area contributed by atoms with Gasteiger partial charge < -0.3 is 10.1 Å². The zero-order chi connectivity index (χ0) is 25.3. The summed E-state index contributed by atoms with van der Waals surface area (Å²) in [5.41, 5.74) is 4.38. The molecule has 0 aliphatic carbocycles. The van der Waals surface area contributed by atoms with Crippen LogP contribution >= 0.6 is 0 Å². The van der Waals surface area contributed by atoms with Crippen LogP contribution in [0.3, 0.4) is 0 Å². The molecule has 0 radical (unpaired) electrons. The largest absolute Gasteiger partial charge is 0.452 e. The molecule has 0 unspecified atom stereocenters. The summed E-state index contributed by atoms with van der Waals surface area (Å²) in [6.07, 6.45) is 0. The number of nitrogens with zero attached hydrogens (tertiary/aromatic N) is 1. The molecule has 0 atom stereocenters. The molecule has 0 fully saturated rings. The van der Waals surface area contributed by atoms with Crippen LogP contribution in [0, 0.1) is 13.8 Å². The summed E-state index contributed by atoms with van der Waals surface area (Å²) in [5, 5.41) is 2.76. The second-order valence-electron chi connectivity index (χ2n) is 8.86. The minimum absolute atomic E-state index is 0.0859. The molecule has 4 rings (SSSR count). The number of carbonyl (C=O) groups excluding carboxylic acids is 4. The summed E-state index contributed by atoms with van der Waals surface area (Å²) in [7, 11) is 0. The minimum Gasteiger partial charge on any atom is -0.452 e. The maximum Gasteiger partial charge on any atom is 0.338 e. The molecular weight excluding hydrogens is 444 g/mol. The Labute approximate surface area is 203 Å². The number of esters is 1. The number of fused-ring (bicyclic) bond motifs is 1. The van der Waals surface area contributed by atoms with E-state index in [0.717, 1.165) is 21.6 Å². The number of nitrogens with one attached hydrogen (secondary N) is 1. The van der Waals surface area contributed by atoms with E-state index >= 15 is 0 Å². The lowest BCUT2D eigenvalue weighted by Crippen LogP contribution is -2.30. The second-order valence-corrected chi connectivity index (χ2v) is 8.86. The highest BCUT2D eigenvalue weighted by atomic mass is 16.5. The Kier molecular flexibility index (Phi) is 6.51. The quantitative estimate of drug-likeness (QED) is 0.403. The Morgan fingerprint density at radius 3 is 2.34 bits per heavy atom. The molecule has 0 bridgehead atoms. The Bertz CT molecular complexity index is 1360. The van der Waals surface area contributed by atoms with E-state index in [1.54, 1.807) is 12.1 Å². The van der Waals surface area contributed by atoms with Crippen LogP contribution in [0.25, 0.3) is 0 Å². The average Bonchev–Trinajstić information content (AvgIpc) is 3.07. The van der Waals surface area contributed by atoms with Gasteiger partial charge in [-0.05, 0) is 61.2 Å². The number of rotatable bonds is 6. The van der Waals surface area contributed by atoms with Crippen LogP contribution in [0.5, 0.6) is 0 Å². The maximum absolute atomic E-state index is 13.1. The van der Waals surface area contributed by atoms with E-state index in [1.807, 2.05) is 58.0 Å². The fourth-order valence-corrected chi connectivity index (χ4v) is 4.16. The first kappa shape index (κ1) is 23.9. The van der Waals surface area contributed by atoms with Crippen molar-refractivity contribution >= 4 is 35.1 Å². The van der Waals surface area contributed by atoms with E-state index in [4.69, 9.17) is 4.74 Å². The van der Waals surface area contributed by atoms with Crippen molar-refractivity contribution in [3.05, 3.63) is 94.0 Å². The standard InChI is InChI=1S/C28H26N2O5/c1-16(2)20-7-5-6-8-23(20)29-25(31)15-35-28(34)19-10-11-21-22(14-19)27(33)30(26(21)32)24-12-9-17(3)13-18(24)4/h5-14,16H,15H2,1-4H3,(H,29,31). The highest BCUT2D eigenvalue weighted by Gasteiger charge is 2.38. The number of hydrogen-bond donors (Lipinski definition) is 1. The normalized spacial score (nSPS) is 12.7. The first-order chi connectivity index (χ1) is 16.7.